The minimum absolute atomic E-state index is 0.0397. The summed E-state index contributed by atoms with van der Waals surface area (Å²) >= 11 is 2.05. The Balaban J connectivity index is 1.58. The normalized spacial score (nSPS) is 15.7. The lowest BCUT2D eigenvalue weighted by atomic mass is 10.4. The van der Waals surface area contributed by atoms with Crippen molar-refractivity contribution in [2.75, 3.05) is 45.9 Å². The smallest absolute Gasteiger partial charge is 0.244 e. The molecule has 2 N–H and O–H groups in total. The maximum Gasteiger partial charge on any atom is 0.244 e. The number of furan rings is 1. The number of rotatable bonds is 7. The summed E-state index contributed by atoms with van der Waals surface area (Å²) in [6, 6.07) is 3.57. The molecule has 1 saturated heterocycles. The standard InChI is InChI=1S/C15H20IN3O4/c16-13-3-1-12(23-13)2-4-14(20)18-11-15(21)17-5-6-19-7-9-22-10-8-19/h1-4H,5-11H2,(H,17,21)(H,18,20). The molecule has 0 atom stereocenters. The molecule has 1 aliphatic heterocycles. The second-order valence-corrected chi connectivity index (χ2v) is 6.06. The zero-order chi connectivity index (χ0) is 16.5. The van der Waals surface area contributed by atoms with Gasteiger partial charge in [0.25, 0.3) is 0 Å². The number of nitrogens with zero attached hydrogens (tertiary/aromatic N) is 1. The van der Waals surface area contributed by atoms with Gasteiger partial charge in [0, 0.05) is 32.3 Å². The van der Waals surface area contributed by atoms with Crippen molar-refractivity contribution in [3.05, 3.63) is 27.7 Å². The molecule has 126 valence electrons. The van der Waals surface area contributed by atoms with E-state index >= 15 is 0 Å². The van der Waals surface area contributed by atoms with Crippen LogP contribution in [0.2, 0.25) is 0 Å². The van der Waals surface area contributed by atoms with Crippen LogP contribution in [0.1, 0.15) is 5.76 Å². The minimum Gasteiger partial charge on any atom is -0.451 e. The van der Waals surface area contributed by atoms with Crippen molar-refractivity contribution in [3.8, 4) is 0 Å². The summed E-state index contributed by atoms with van der Waals surface area (Å²) in [4.78, 5) is 25.5. The Bertz CT molecular complexity index is 553. The van der Waals surface area contributed by atoms with E-state index in [-0.39, 0.29) is 18.4 Å². The summed E-state index contributed by atoms with van der Waals surface area (Å²) in [6.45, 7) is 4.58. The third-order valence-corrected chi connectivity index (χ3v) is 3.85. The molecule has 8 heteroatoms. The predicted molar refractivity (Wildman–Crippen MR) is 93.7 cm³/mol. The van der Waals surface area contributed by atoms with Crippen LogP contribution in [-0.4, -0.2) is 62.7 Å². The first kappa shape index (κ1) is 18.0. The van der Waals surface area contributed by atoms with Gasteiger partial charge in [0.05, 0.1) is 19.8 Å². The monoisotopic (exact) mass is 433 g/mol. The van der Waals surface area contributed by atoms with Crippen molar-refractivity contribution in [2.24, 2.45) is 0 Å². The van der Waals surface area contributed by atoms with Crippen LogP contribution in [0, 0.1) is 3.77 Å². The lowest BCUT2D eigenvalue weighted by molar-refractivity contribution is -0.124. The number of hydrogen-bond donors (Lipinski definition) is 2. The van der Waals surface area contributed by atoms with Crippen molar-refractivity contribution in [2.45, 2.75) is 0 Å². The van der Waals surface area contributed by atoms with Crippen LogP contribution in [0.3, 0.4) is 0 Å². The lowest BCUT2D eigenvalue weighted by Crippen LogP contribution is -2.43. The Morgan fingerprint density at radius 3 is 2.74 bits per heavy atom. The van der Waals surface area contributed by atoms with E-state index in [4.69, 9.17) is 9.15 Å². The van der Waals surface area contributed by atoms with E-state index in [1.165, 1.54) is 6.08 Å². The fraction of sp³-hybridized carbons (Fsp3) is 0.467. The molecule has 0 saturated carbocycles. The Morgan fingerprint density at radius 2 is 2.04 bits per heavy atom. The maximum atomic E-state index is 11.7. The van der Waals surface area contributed by atoms with Crippen LogP contribution < -0.4 is 10.6 Å². The van der Waals surface area contributed by atoms with Gasteiger partial charge in [0.1, 0.15) is 5.76 Å². The molecule has 23 heavy (non-hydrogen) atoms. The second kappa shape index (κ2) is 9.68. The van der Waals surface area contributed by atoms with E-state index in [2.05, 4.69) is 15.5 Å². The summed E-state index contributed by atoms with van der Waals surface area (Å²) in [7, 11) is 0. The Labute approximate surface area is 148 Å². The first-order chi connectivity index (χ1) is 11.1. The number of ether oxygens (including phenoxy) is 1. The highest BCUT2D eigenvalue weighted by Gasteiger charge is 2.10. The molecule has 2 heterocycles. The fourth-order valence-electron chi connectivity index (χ4n) is 2.04. The highest BCUT2D eigenvalue weighted by molar-refractivity contribution is 14.1. The van der Waals surface area contributed by atoms with Gasteiger partial charge in [0.2, 0.25) is 11.8 Å². The molecule has 0 bridgehead atoms. The van der Waals surface area contributed by atoms with E-state index in [1.54, 1.807) is 18.2 Å². The molecule has 1 fully saturated rings. The van der Waals surface area contributed by atoms with Crippen LogP contribution in [0.15, 0.2) is 22.6 Å². The molecule has 2 rings (SSSR count). The number of amides is 2. The van der Waals surface area contributed by atoms with Crippen molar-refractivity contribution >= 4 is 40.5 Å². The lowest BCUT2D eigenvalue weighted by Gasteiger charge is -2.26. The molecule has 0 aliphatic carbocycles. The molecule has 7 nitrogen and oxygen atoms in total. The summed E-state index contributed by atoms with van der Waals surface area (Å²) in [5.74, 6) is 0.0619. The number of hydrogen-bond acceptors (Lipinski definition) is 5. The third-order valence-electron chi connectivity index (χ3n) is 3.27. The zero-order valence-electron chi connectivity index (χ0n) is 12.7. The highest BCUT2D eigenvalue weighted by atomic mass is 127. The van der Waals surface area contributed by atoms with Crippen LogP contribution in [0.25, 0.3) is 6.08 Å². The first-order valence-corrected chi connectivity index (χ1v) is 8.49. The molecular formula is C15H20IN3O4. The molecule has 0 spiro atoms. The van der Waals surface area contributed by atoms with Crippen molar-refractivity contribution in [1.82, 2.24) is 15.5 Å². The average Bonchev–Trinajstić information content (AvgIpc) is 2.97. The molecule has 1 aromatic heterocycles. The molecular weight excluding hydrogens is 413 g/mol. The topological polar surface area (TPSA) is 83.8 Å². The van der Waals surface area contributed by atoms with Gasteiger partial charge in [-0.1, -0.05) is 0 Å². The molecule has 0 aromatic carbocycles. The number of halogens is 1. The molecule has 1 aromatic rings. The van der Waals surface area contributed by atoms with Gasteiger partial charge in [-0.15, -0.1) is 0 Å². The van der Waals surface area contributed by atoms with Gasteiger partial charge in [-0.25, -0.2) is 0 Å². The van der Waals surface area contributed by atoms with Gasteiger partial charge in [-0.2, -0.15) is 0 Å². The minimum atomic E-state index is -0.334. The number of carbonyl (C=O) groups excluding carboxylic acids is 2. The Morgan fingerprint density at radius 1 is 1.26 bits per heavy atom. The molecule has 1 aliphatic rings. The molecule has 0 radical (unpaired) electrons. The van der Waals surface area contributed by atoms with Gasteiger partial charge < -0.3 is 19.8 Å². The fourth-order valence-corrected chi connectivity index (χ4v) is 2.48. The van der Waals surface area contributed by atoms with Gasteiger partial charge in [0.15, 0.2) is 3.77 Å². The van der Waals surface area contributed by atoms with Crippen LogP contribution in [0.4, 0.5) is 0 Å². The van der Waals surface area contributed by atoms with E-state index < -0.39 is 0 Å². The summed E-state index contributed by atoms with van der Waals surface area (Å²) in [6.07, 6.45) is 2.91. The van der Waals surface area contributed by atoms with E-state index in [0.717, 1.165) is 36.6 Å². The van der Waals surface area contributed by atoms with Crippen molar-refractivity contribution < 1.29 is 18.7 Å². The maximum absolute atomic E-state index is 11.7. The SMILES string of the molecule is O=C(C=Cc1ccc(I)o1)NCC(=O)NCCN1CCOCC1. The Kier molecular flexibility index (Phi) is 7.56. The first-order valence-electron chi connectivity index (χ1n) is 7.41. The third kappa shape index (κ3) is 7.14. The zero-order valence-corrected chi connectivity index (χ0v) is 14.9. The van der Waals surface area contributed by atoms with E-state index in [1.807, 2.05) is 22.6 Å². The number of morpholine rings is 1. The summed E-state index contributed by atoms with van der Waals surface area (Å²) in [5.41, 5.74) is 0. The number of nitrogens with one attached hydrogen (secondary N) is 2. The summed E-state index contributed by atoms with van der Waals surface area (Å²) < 4.78 is 11.3. The highest BCUT2D eigenvalue weighted by Crippen LogP contribution is 2.11. The largest absolute Gasteiger partial charge is 0.451 e. The predicted octanol–water partition coefficient (Wildman–Crippen LogP) is 0.462. The van der Waals surface area contributed by atoms with Crippen molar-refractivity contribution in [1.29, 1.82) is 0 Å². The van der Waals surface area contributed by atoms with Crippen molar-refractivity contribution in [3.63, 3.8) is 0 Å². The van der Waals surface area contributed by atoms with E-state index in [9.17, 15) is 9.59 Å². The van der Waals surface area contributed by atoms with Gasteiger partial charge in [-0.3, -0.25) is 14.5 Å². The quantitative estimate of drug-likeness (QED) is 0.483. The van der Waals surface area contributed by atoms with Gasteiger partial charge >= 0.3 is 0 Å². The average molecular weight is 433 g/mol. The molecule has 0 unspecified atom stereocenters. The van der Waals surface area contributed by atoms with Crippen LogP contribution in [-0.2, 0) is 14.3 Å². The summed E-state index contributed by atoms with van der Waals surface area (Å²) in [5, 5.41) is 5.32. The van der Waals surface area contributed by atoms with Gasteiger partial charge in [-0.05, 0) is 40.8 Å². The van der Waals surface area contributed by atoms with Crippen LogP contribution >= 0.6 is 22.6 Å². The second-order valence-electron chi connectivity index (χ2n) is 5.00. The molecule has 2 amide bonds. The Hall–Kier alpha value is -1.39. The number of carbonyl (C=O) groups is 2. The van der Waals surface area contributed by atoms with E-state index in [0.29, 0.717) is 12.3 Å². The van der Waals surface area contributed by atoms with Crippen LogP contribution in [0.5, 0.6) is 0 Å².